The molecule has 0 fully saturated rings. The van der Waals surface area contributed by atoms with Gasteiger partial charge in [0.05, 0.1) is 0 Å². The lowest BCUT2D eigenvalue weighted by Crippen LogP contribution is -2.55. The summed E-state index contributed by atoms with van der Waals surface area (Å²) in [6.45, 7) is 0. The molecule has 0 spiro atoms. The van der Waals surface area contributed by atoms with Crippen LogP contribution in [0.2, 0.25) is 0 Å². The fourth-order valence-corrected chi connectivity index (χ4v) is 13.6. The average Bonchev–Trinajstić information content (AvgIpc) is 3.77. The van der Waals surface area contributed by atoms with Crippen molar-refractivity contribution in [2.45, 2.75) is 0 Å². The third kappa shape index (κ3) is 6.64. The molecule has 0 aliphatic rings. The van der Waals surface area contributed by atoms with E-state index in [0.717, 1.165) is 11.2 Å². The van der Waals surface area contributed by atoms with E-state index in [9.17, 15) is 0 Å². The quantitative estimate of drug-likeness (QED) is 0.127. The molecule has 0 bridgehead atoms. The van der Waals surface area contributed by atoms with Crippen LogP contribution < -0.4 is 120 Å². The highest BCUT2D eigenvalue weighted by Gasteiger charge is 2.31. The van der Waals surface area contributed by atoms with Crippen molar-refractivity contribution in [2.24, 2.45) is 0 Å². The van der Waals surface area contributed by atoms with Crippen molar-refractivity contribution in [3.63, 3.8) is 0 Å². The molecule has 0 radical (unpaired) electrons. The van der Waals surface area contributed by atoms with Crippen molar-refractivity contribution in [3.8, 4) is 44.5 Å². The molecule has 0 atom stereocenters. The number of benzene rings is 9. The predicted octanol–water partition coefficient (Wildman–Crippen LogP) is -24.6. The Kier molecular flexibility index (Phi) is 12.1. The number of rotatable bonds is 4. The largest absolute Gasteiger partial charge is 0.456 e. The summed E-state index contributed by atoms with van der Waals surface area (Å²) in [7, 11) is 51.5. The zero-order chi connectivity index (χ0) is 51.5. The Balaban J connectivity index is 1.46. The van der Waals surface area contributed by atoms with Crippen molar-refractivity contribution in [3.05, 3.63) is 48.5 Å². The first-order chi connectivity index (χ1) is 33.5. The fraction of sp³-hybridized carbons (Fsp3) is 0. The van der Waals surface area contributed by atoms with E-state index in [0.29, 0.717) is 0 Å². The van der Waals surface area contributed by atoms with Gasteiger partial charge in [-0.15, -0.1) is 49.2 Å². The van der Waals surface area contributed by atoms with Crippen LogP contribution in [0.3, 0.4) is 0 Å². The van der Waals surface area contributed by atoms with Crippen LogP contribution in [0.1, 0.15) is 0 Å². The van der Waals surface area contributed by atoms with Gasteiger partial charge in [-0.1, -0.05) is 120 Å². The van der Waals surface area contributed by atoms with Crippen LogP contribution in [0.15, 0.2) is 52.9 Å². The second-order valence-electron chi connectivity index (χ2n) is 22.1. The van der Waals surface area contributed by atoms with Gasteiger partial charge in [0.1, 0.15) is 184 Å². The van der Waals surface area contributed by atoms with Crippen LogP contribution in [0.4, 0.5) is 0 Å². The predicted molar refractivity (Wildman–Crippen MR) is 388 cm³/mol. The molecule has 23 heteroatoms. The molecular weight excluding hydrogens is 830 g/mol. The van der Waals surface area contributed by atoms with Gasteiger partial charge in [-0.05, 0) is 71.3 Å². The van der Waals surface area contributed by atoms with Gasteiger partial charge in [0.15, 0.2) is 0 Å². The maximum Gasteiger partial charge on any atom is 0.143 e. The van der Waals surface area contributed by atoms with E-state index in [4.69, 9.17) is 4.42 Å². The summed E-state index contributed by atoms with van der Waals surface area (Å²) in [4.78, 5) is 0. The highest BCUT2D eigenvalue weighted by molar-refractivity contribution is 6.74. The molecule has 1 heterocycles. The van der Waals surface area contributed by atoms with Gasteiger partial charge < -0.3 is 4.42 Å². The number of hydrogen-bond donors (Lipinski definition) is 0. The van der Waals surface area contributed by atoms with E-state index in [-0.39, 0.29) is 0 Å². The van der Waals surface area contributed by atoms with Crippen molar-refractivity contribution >= 4 is 347 Å². The molecule has 0 saturated carbocycles. The molecule has 10 aromatic rings. The molecule has 1 nitrogen and oxygen atoms in total. The lowest BCUT2D eigenvalue weighted by atomic mass is 9.57. The molecule has 0 unspecified atom stereocenters. The fourth-order valence-electron chi connectivity index (χ4n) is 13.6. The molecule has 0 saturated heterocycles. The monoisotopic (exact) mass is 887 g/mol. The van der Waals surface area contributed by atoms with E-state index in [1.165, 1.54) is 208 Å². The maximum absolute atomic E-state index is 7.41. The van der Waals surface area contributed by atoms with E-state index in [1.807, 2.05) is 0 Å². The topological polar surface area (TPSA) is 13.1 Å². The molecular formula is C48H52B22O. The Hall–Kier alpha value is -5.01. The molecule has 1 aromatic heterocycles. The lowest BCUT2D eigenvalue weighted by Gasteiger charge is -2.30. The summed E-state index contributed by atoms with van der Waals surface area (Å²) in [5, 5.41) is 10.5. The number of fused-ring (bicyclic) bond motifs is 6. The van der Waals surface area contributed by atoms with Crippen LogP contribution in [0.25, 0.3) is 98.8 Å². The Morgan fingerprint density at radius 2 is 0.437 bits per heavy atom. The van der Waals surface area contributed by atoms with E-state index in [2.05, 4.69) is 221 Å². The van der Waals surface area contributed by atoms with E-state index >= 15 is 0 Å². The third-order valence-corrected chi connectivity index (χ3v) is 19.5. The van der Waals surface area contributed by atoms with Gasteiger partial charge in [0.25, 0.3) is 0 Å². The molecule has 0 aliphatic carbocycles. The maximum atomic E-state index is 7.41. The first kappa shape index (κ1) is 49.6. The van der Waals surface area contributed by atoms with Gasteiger partial charge >= 0.3 is 0 Å². The first-order valence-electron chi connectivity index (χ1n) is 26.1. The van der Waals surface area contributed by atoms with E-state index in [1.54, 1.807) is 0 Å². The zero-order valence-electron chi connectivity index (χ0n) is 47.0. The minimum absolute atomic E-state index is 1.02. The molecule has 0 aliphatic heterocycles. The number of hydrogen-bond acceptors (Lipinski definition) is 1. The van der Waals surface area contributed by atoms with Gasteiger partial charge in [-0.3, -0.25) is 0 Å². The van der Waals surface area contributed by atoms with Crippen LogP contribution >= 0.6 is 0 Å². The highest BCUT2D eigenvalue weighted by Crippen LogP contribution is 2.44. The molecule has 71 heavy (non-hydrogen) atoms. The van der Waals surface area contributed by atoms with Crippen molar-refractivity contribution in [1.82, 2.24) is 0 Å². The normalized spacial score (nSPS) is 11.8. The van der Waals surface area contributed by atoms with Crippen molar-refractivity contribution < 1.29 is 4.42 Å². The minimum atomic E-state index is 1.02. The van der Waals surface area contributed by atoms with Crippen LogP contribution in [-0.2, 0) is 0 Å². The van der Waals surface area contributed by atoms with Gasteiger partial charge in [-0.2, -0.15) is 0 Å². The average molecular weight is 883 g/mol. The Morgan fingerprint density at radius 3 is 0.831 bits per heavy atom. The molecule has 0 N–H and O–H groups in total. The van der Waals surface area contributed by atoms with Crippen LogP contribution in [0, 0.1) is 0 Å². The zero-order valence-corrected chi connectivity index (χ0v) is 47.0. The Labute approximate surface area is 441 Å². The summed E-state index contributed by atoms with van der Waals surface area (Å²) in [5.41, 5.74) is 42.2. The summed E-state index contributed by atoms with van der Waals surface area (Å²) in [5.74, 6) is 0. The van der Waals surface area contributed by atoms with E-state index < -0.39 is 0 Å². The summed E-state index contributed by atoms with van der Waals surface area (Å²) in [6.07, 6.45) is 0. The Morgan fingerprint density at radius 1 is 0.183 bits per heavy atom. The van der Waals surface area contributed by atoms with Crippen LogP contribution in [-0.4, -0.2) is 173 Å². The molecule has 10 rings (SSSR count). The smallest absolute Gasteiger partial charge is 0.143 e. The van der Waals surface area contributed by atoms with Crippen LogP contribution in [0.5, 0.6) is 0 Å². The number of furan rings is 1. The minimum Gasteiger partial charge on any atom is -0.456 e. The second kappa shape index (κ2) is 17.3. The third-order valence-electron chi connectivity index (χ3n) is 19.5. The molecule has 316 valence electrons. The van der Waals surface area contributed by atoms with Gasteiger partial charge in [-0.25, -0.2) is 0 Å². The van der Waals surface area contributed by atoms with Crippen molar-refractivity contribution in [1.29, 1.82) is 0 Å². The Bertz CT molecular complexity index is 4030. The molecule has 9 aromatic carbocycles. The SMILES string of the molecule is Bc1c(B)c(B)c(-c2c3ccccc3c(-c3c(B)c(B)c(-c4c(B)c(-c5c(B)c(B)c(B)c(B)c5B)c5oc6c(B)c(B)c(B)c(B)c6c5c4B)c4c(B)c(B)c(B)c(B)c34)c3ccccc23)c(B)c1B. The second-order valence-corrected chi connectivity index (χ2v) is 22.1. The first-order valence-corrected chi connectivity index (χ1v) is 26.1. The summed E-state index contributed by atoms with van der Waals surface area (Å²) < 4.78 is 7.41. The summed E-state index contributed by atoms with van der Waals surface area (Å²) in [6, 6.07) is 18.6. The lowest BCUT2D eigenvalue weighted by molar-refractivity contribution is 0.673. The highest BCUT2D eigenvalue weighted by atomic mass is 16.3. The van der Waals surface area contributed by atoms with Crippen molar-refractivity contribution in [2.75, 3.05) is 0 Å². The van der Waals surface area contributed by atoms with Gasteiger partial charge in [0, 0.05) is 16.3 Å². The standard InChI is InChI=1S/C48H52B22O/c49-25-20(26(50)23-24-35(59)42(66)45(69)46(70)48(24)71-47(23)22(25)21-33(57)40(64)44(68)41(65)34(21)58)18-17-16(29(53)36(60)37(61)30(17)54)15(27(51)28(18)52)13-9-5-1-3-7-11(9)14(12-8-4-2-6-10(12)13)19-31(55)38(62)43(67)39(63)32(19)56/h1-8H,49-70H2. The van der Waals surface area contributed by atoms with Gasteiger partial charge in [0.2, 0.25) is 0 Å². The molecule has 0 amide bonds. The summed E-state index contributed by atoms with van der Waals surface area (Å²) >= 11 is 0.